The highest BCUT2D eigenvalue weighted by atomic mass is 32.1. The predicted octanol–water partition coefficient (Wildman–Crippen LogP) is 1.58. The number of amides is 1. The maximum atomic E-state index is 14.4. The number of benzene rings is 1. The maximum Gasteiger partial charge on any atom is 0.410 e. The van der Waals surface area contributed by atoms with E-state index in [2.05, 4.69) is 10.6 Å². The molecule has 1 saturated carbocycles. The number of rotatable bonds is 4. The molecule has 0 unspecified atom stereocenters. The minimum atomic E-state index is -1.31. The monoisotopic (exact) mass is 342 g/mol. The van der Waals surface area contributed by atoms with E-state index in [1.54, 1.807) is 25.3 Å². The van der Waals surface area contributed by atoms with Crippen molar-refractivity contribution in [2.24, 2.45) is 5.92 Å². The van der Waals surface area contributed by atoms with E-state index in [0.29, 0.717) is 18.4 Å². The SMILES string of the molecule is CO[C@@H]1C[C@H](CO)[C@](NC(=S)NC(=O)O)(c2ccccc2F)C1. The van der Waals surface area contributed by atoms with Crippen LogP contribution in [0.15, 0.2) is 24.3 Å². The lowest BCUT2D eigenvalue weighted by Crippen LogP contribution is -2.54. The lowest BCUT2D eigenvalue weighted by atomic mass is 9.80. The number of carboxylic acid groups (broad SMARTS) is 1. The Morgan fingerprint density at radius 1 is 1.52 bits per heavy atom. The van der Waals surface area contributed by atoms with Gasteiger partial charge in [0.15, 0.2) is 5.11 Å². The maximum absolute atomic E-state index is 14.4. The molecule has 3 atom stereocenters. The van der Waals surface area contributed by atoms with E-state index in [4.69, 9.17) is 22.1 Å². The topological polar surface area (TPSA) is 90.8 Å². The van der Waals surface area contributed by atoms with Crippen LogP contribution < -0.4 is 10.6 Å². The summed E-state index contributed by atoms with van der Waals surface area (Å²) >= 11 is 5.01. The van der Waals surface area contributed by atoms with Crippen LogP contribution in [0.1, 0.15) is 18.4 Å². The molecule has 8 heteroatoms. The Kier molecular flexibility index (Phi) is 5.51. The van der Waals surface area contributed by atoms with E-state index in [-0.39, 0.29) is 23.7 Å². The van der Waals surface area contributed by atoms with Gasteiger partial charge in [-0.15, -0.1) is 0 Å². The van der Waals surface area contributed by atoms with Gasteiger partial charge in [0, 0.05) is 31.6 Å². The summed E-state index contributed by atoms with van der Waals surface area (Å²) < 4.78 is 19.8. The predicted molar refractivity (Wildman–Crippen MR) is 85.6 cm³/mol. The Balaban J connectivity index is 2.44. The van der Waals surface area contributed by atoms with Crippen molar-refractivity contribution in [3.8, 4) is 0 Å². The molecule has 0 spiro atoms. The molecule has 23 heavy (non-hydrogen) atoms. The molecule has 1 aromatic rings. The van der Waals surface area contributed by atoms with Gasteiger partial charge in [-0.3, -0.25) is 5.32 Å². The van der Waals surface area contributed by atoms with Gasteiger partial charge in [-0.05, 0) is 24.7 Å². The normalized spacial score (nSPS) is 26.7. The Bertz CT molecular complexity index is 601. The Morgan fingerprint density at radius 2 is 2.22 bits per heavy atom. The summed E-state index contributed by atoms with van der Waals surface area (Å²) in [6, 6.07) is 6.18. The van der Waals surface area contributed by atoms with Crippen molar-refractivity contribution >= 4 is 23.4 Å². The molecule has 126 valence electrons. The number of methoxy groups -OCH3 is 1. The molecule has 4 N–H and O–H groups in total. The van der Waals surface area contributed by atoms with Crippen LogP contribution in [-0.2, 0) is 10.3 Å². The first-order valence-corrected chi connectivity index (χ1v) is 7.54. The zero-order chi connectivity index (χ0) is 17.0. The first-order chi connectivity index (χ1) is 10.9. The summed E-state index contributed by atoms with van der Waals surface area (Å²) in [4.78, 5) is 10.8. The number of aliphatic hydroxyl groups is 1. The van der Waals surface area contributed by atoms with Gasteiger partial charge in [-0.25, -0.2) is 9.18 Å². The van der Waals surface area contributed by atoms with Crippen molar-refractivity contribution in [3.05, 3.63) is 35.6 Å². The fourth-order valence-corrected chi connectivity index (χ4v) is 3.51. The van der Waals surface area contributed by atoms with Crippen LogP contribution in [0.5, 0.6) is 0 Å². The number of carbonyl (C=O) groups is 1. The minimum absolute atomic E-state index is 0.143. The Labute approximate surface area is 138 Å². The highest BCUT2D eigenvalue weighted by Crippen LogP contribution is 2.45. The molecule has 1 fully saturated rings. The van der Waals surface area contributed by atoms with Gasteiger partial charge < -0.3 is 20.3 Å². The summed E-state index contributed by atoms with van der Waals surface area (Å²) in [5.41, 5.74) is -0.714. The van der Waals surface area contributed by atoms with Gasteiger partial charge in [0.05, 0.1) is 11.6 Å². The van der Waals surface area contributed by atoms with Gasteiger partial charge in [0.25, 0.3) is 0 Å². The van der Waals surface area contributed by atoms with Crippen LogP contribution in [0.25, 0.3) is 0 Å². The van der Waals surface area contributed by atoms with Crippen molar-refractivity contribution in [3.63, 3.8) is 0 Å². The number of hydrogen-bond acceptors (Lipinski definition) is 4. The molecule has 0 saturated heterocycles. The largest absolute Gasteiger partial charge is 0.465 e. The zero-order valence-electron chi connectivity index (χ0n) is 12.6. The van der Waals surface area contributed by atoms with Crippen molar-refractivity contribution in [1.29, 1.82) is 0 Å². The molecule has 2 rings (SSSR count). The lowest BCUT2D eigenvalue weighted by molar-refractivity contribution is 0.0992. The standard InChI is InChI=1S/C15H19FN2O4S/c1-22-10-6-9(8-19)15(7-10,18-13(23)17-14(20)21)11-4-2-3-5-12(11)16/h2-5,9-10,19H,6-8H2,1H3,(H,20,21)(H2,17,18,23)/t9-,10-,15+/m1/s1. The first-order valence-electron chi connectivity index (χ1n) is 7.13. The third kappa shape index (κ3) is 3.60. The van der Waals surface area contributed by atoms with Crippen molar-refractivity contribution in [1.82, 2.24) is 10.6 Å². The molecular weight excluding hydrogens is 323 g/mol. The quantitative estimate of drug-likeness (QED) is 0.621. The van der Waals surface area contributed by atoms with Crippen LogP contribution >= 0.6 is 12.2 Å². The molecule has 0 aliphatic heterocycles. The van der Waals surface area contributed by atoms with Crippen LogP contribution in [0.4, 0.5) is 9.18 Å². The van der Waals surface area contributed by atoms with Crippen LogP contribution in [0.2, 0.25) is 0 Å². The van der Waals surface area contributed by atoms with Crippen LogP contribution in [0, 0.1) is 11.7 Å². The summed E-state index contributed by atoms with van der Waals surface area (Å²) in [6.45, 7) is -0.211. The van der Waals surface area contributed by atoms with Gasteiger partial charge in [-0.2, -0.15) is 0 Å². The van der Waals surface area contributed by atoms with E-state index in [0.717, 1.165) is 0 Å². The molecule has 1 aliphatic carbocycles. The molecule has 0 radical (unpaired) electrons. The highest BCUT2D eigenvalue weighted by Gasteiger charge is 2.50. The average molecular weight is 342 g/mol. The van der Waals surface area contributed by atoms with Crippen LogP contribution in [-0.4, -0.2) is 41.2 Å². The highest BCUT2D eigenvalue weighted by molar-refractivity contribution is 7.80. The number of nitrogens with one attached hydrogen (secondary N) is 2. The summed E-state index contributed by atoms with van der Waals surface area (Å²) in [6.07, 6.45) is -0.652. The smallest absolute Gasteiger partial charge is 0.410 e. The second-order valence-corrected chi connectivity index (χ2v) is 5.92. The zero-order valence-corrected chi connectivity index (χ0v) is 13.4. The number of aliphatic hydroxyl groups excluding tert-OH is 1. The summed E-state index contributed by atoms with van der Waals surface area (Å²) in [5.74, 6) is -0.828. The number of ether oxygens (including phenoxy) is 1. The van der Waals surface area contributed by atoms with Crippen molar-refractivity contribution < 1.29 is 24.1 Å². The lowest BCUT2D eigenvalue weighted by Gasteiger charge is -2.37. The summed E-state index contributed by atoms with van der Waals surface area (Å²) in [7, 11) is 1.55. The third-order valence-corrected chi connectivity index (χ3v) is 4.46. The van der Waals surface area contributed by atoms with Gasteiger partial charge in [-0.1, -0.05) is 18.2 Å². The molecule has 6 nitrogen and oxygen atoms in total. The Hall–Kier alpha value is -1.77. The van der Waals surface area contributed by atoms with E-state index >= 15 is 0 Å². The Morgan fingerprint density at radius 3 is 2.78 bits per heavy atom. The number of halogens is 1. The second kappa shape index (κ2) is 7.20. The van der Waals surface area contributed by atoms with E-state index in [1.807, 2.05) is 0 Å². The molecular formula is C15H19FN2O4S. The summed E-state index contributed by atoms with van der Waals surface area (Å²) in [5, 5.41) is 23.4. The van der Waals surface area contributed by atoms with Crippen molar-refractivity contribution in [2.75, 3.05) is 13.7 Å². The van der Waals surface area contributed by atoms with Gasteiger partial charge in [0.1, 0.15) is 5.82 Å². The fraction of sp³-hybridized carbons (Fsp3) is 0.467. The minimum Gasteiger partial charge on any atom is -0.465 e. The van der Waals surface area contributed by atoms with Crippen molar-refractivity contribution in [2.45, 2.75) is 24.5 Å². The van der Waals surface area contributed by atoms with Gasteiger partial charge in [0.2, 0.25) is 0 Å². The molecule has 1 aliphatic rings. The van der Waals surface area contributed by atoms with Gasteiger partial charge >= 0.3 is 6.09 Å². The molecule has 1 amide bonds. The van der Waals surface area contributed by atoms with E-state index in [1.165, 1.54) is 6.07 Å². The fourth-order valence-electron chi connectivity index (χ4n) is 3.24. The van der Waals surface area contributed by atoms with E-state index in [9.17, 15) is 14.3 Å². The molecule has 0 aromatic heterocycles. The average Bonchev–Trinajstić information content (AvgIpc) is 2.85. The second-order valence-electron chi connectivity index (χ2n) is 5.51. The third-order valence-electron chi connectivity index (χ3n) is 4.26. The molecule has 0 heterocycles. The first kappa shape index (κ1) is 17.6. The molecule has 0 bridgehead atoms. The van der Waals surface area contributed by atoms with E-state index < -0.39 is 17.4 Å². The molecule has 1 aromatic carbocycles. The van der Waals surface area contributed by atoms with Crippen LogP contribution in [0.3, 0.4) is 0 Å². The number of hydrogen-bond donors (Lipinski definition) is 4. The number of thiocarbonyl (C=S) groups is 1.